The average molecular weight is 574 g/mol. The molecule has 1 N–H and O–H groups in total. The molecular weight excluding hydrogens is 535 g/mol. The van der Waals surface area contributed by atoms with Crippen LogP contribution in [-0.4, -0.2) is 54.3 Å². The van der Waals surface area contributed by atoms with E-state index in [4.69, 9.17) is 13.4 Å². The maximum absolute atomic E-state index is 15.6. The van der Waals surface area contributed by atoms with Crippen molar-refractivity contribution in [3.8, 4) is 22.8 Å². The van der Waals surface area contributed by atoms with Crippen molar-refractivity contribution in [2.24, 2.45) is 9.36 Å². The zero-order chi connectivity index (χ0) is 32.0. The van der Waals surface area contributed by atoms with Gasteiger partial charge in [0, 0.05) is 40.7 Å². The van der Waals surface area contributed by atoms with Crippen LogP contribution >= 0.6 is 0 Å². The lowest BCUT2D eigenvalue weighted by Crippen LogP contribution is -2.57. The molecule has 0 radical (unpaired) electrons. The van der Waals surface area contributed by atoms with E-state index in [9.17, 15) is 9.00 Å². The van der Waals surface area contributed by atoms with Gasteiger partial charge in [-0.3, -0.25) is 10.3 Å². The molecular formula is C28H35FN6O4S. The number of benzene rings is 1. The summed E-state index contributed by atoms with van der Waals surface area (Å²) in [6.45, 7) is 8.50. The first-order chi connectivity index (χ1) is 19.8. The maximum Gasteiger partial charge on any atom is 0.413 e. The van der Waals surface area contributed by atoms with Crippen LogP contribution < -0.4 is 5.32 Å². The summed E-state index contributed by atoms with van der Waals surface area (Å²) < 4.78 is 66.4. The third-order valence-corrected chi connectivity index (χ3v) is 9.69. The van der Waals surface area contributed by atoms with Crippen molar-refractivity contribution in [2.45, 2.75) is 70.8 Å². The lowest BCUT2D eigenvalue weighted by atomic mass is 9.91. The van der Waals surface area contributed by atoms with Crippen LogP contribution in [0.2, 0.25) is 0 Å². The van der Waals surface area contributed by atoms with Crippen LogP contribution in [0.5, 0.6) is 0 Å². The van der Waals surface area contributed by atoms with E-state index in [1.165, 1.54) is 39.0 Å². The first-order valence-corrected chi connectivity index (χ1v) is 14.4. The van der Waals surface area contributed by atoms with E-state index in [1.807, 2.05) is 6.92 Å². The molecule has 0 bridgehead atoms. The fourth-order valence-electron chi connectivity index (χ4n) is 4.27. The summed E-state index contributed by atoms with van der Waals surface area (Å²) in [5.74, 6) is -0.648. The second-order valence-corrected chi connectivity index (χ2v) is 14.1. The van der Waals surface area contributed by atoms with Gasteiger partial charge in [0.15, 0.2) is 17.3 Å². The van der Waals surface area contributed by atoms with Crippen molar-refractivity contribution in [1.29, 1.82) is 0 Å². The van der Waals surface area contributed by atoms with Gasteiger partial charge in [-0.2, -0.15) is 0 Å². The number of amidine groups is 1. The molecule has 4 rings (SSSR count). The quantitative estimate of drug-likeness (QED) is 0.434. The fourth-order valence-corrected chi connectivity index (χ4v) is 6.30. The topological polar surface area (TPSA) is 132 Å². The Balaban J connectivity index is 1.83. The lowest BCUT2D eigenvalue weighted by Gasteiger charge is -2.41. The van der Waals surface area contributed by atoms with Crippen molar-refractivity contribution in [3.05, 3.63) is 53.6 Å². The van der Waals surface area contributed by atoms with Crippen LogP contribution in [0.15, 0.2) is 50.5 Å². The smallest absolute Gasteiger partial charge is 0.413 e. The number of nitrogens with zero attached hydrogens (tertiary/aromatic N) is 5. The number of nitrogens with one attached hydrogen (secondary N) is 1. The molecule has 3 aromatic rings. The highest BCUT2D eigenvalue weighted by molar-refractivity contribution is 7.95. The van der Waals surface area contributed by atoms with Crippen LogP contribution in [0, 0.1) is 5.82 Å². The van der Waals surface area contributed by atoms with E-state index in [2.05, 4.69) is 29.8 Å². The van der Waals surface area contributed by atoms with E-state index in [0.717, 1.165) is 12.0 Å². The van der Waals surface area contributed by atoms with Crippen molar-refractivity contribution in [3.63, 3.8) is 0 Å². The Morgan fingerprint density at radius 1 is 1.25 bits per heavy atom. The minimum Gasteiger partial charge on any atom is -0.444 e. The molecule has 0 saturated heterocycles. The van der Waals surface area contributed by atoms with Gasteiger partial charge in [0.05, 0.1) is 15.5 Å². The lowest BCUT2D eigenvalue weighted by molar-refractivity contribution is 0.0560. The molecule has 1 aliphatic heterocycles. The van der Waals surface area contributed by atoms with Crippen LogP contribution in [0.4, 0.5) is 9.18 Å². The van der Waals surface area contributed by atoms with Gasteiger partial charge in [-0.15, -0.1) is 0 Å². The van der Waals surface area contributed by atoms with Gasteiger partial charge >= 0.3 is 6.09 Å². The molecule has 1 amide bonds. The number of amides is 1. The molecule has 1 unspecified atom stereocenters. The number of ether oxygens (including phenoxy) is 1. The Kier molecular flexibility index (Phi) is 6.57. The number of aromatic nitrogens is 3. The zero-order valence-corrected chi connectivity index (χ0v) is 24.4. The number of carbonyl (C=O) groups is 1. The molecule has 2 atom stereocenters. The largest absolute Gasteiger partial charge is 0.444 e. The normalized spacial score (nSPS) is 23.8. The molecule has 0 spiro atoms. The molecule has 10 nitrogen and oxygen atoms in total. The molecule has 0 aliphatic carbocycles. The Labute approximate surface area is 238 Å². The molecule has 2 aromatic heterocycles. The number of carbonyl (C=O) groups excluding carboxylic acids is 1. The number of hydrogen-bond donors (Lipinski definition) is 1. The highest BCUT2D eigenvalue weighted by Crippen LogP contribution is 2.40. The summed E-state index contributed by atoms with van der Waals surface area (Å²) in [6, 6.07) is 5.75. The molecule has 1 aliphatic rings. The first kappa shape index (κ1) is 25.3. The first-order valence-electron chi connectivity index (χ1n) is 14.2. The van der Waals surface area contributed by atoms with Gasteiger partial charge in [-0.1, -0.05) is 12.1 Å². The second kappa shape index (κ2) is 10.4. The van der Waals surface area contributed by atoms with Crippen molar-refractivity contribution in [1.82, 2.24) is 20.4 Å². The number of alkyl carbamates (subject to hydrolysis) is 1. The van der Waals surface area contributed by atoms with Gasteiger partial charge < -0.3 is 9.26 Å². The minimum absolute atomic E-state index is 0.0149. The zero-order valence-electron chi connectivity index (χ0n) is 26.5. The number of rotatable bonds is 4. The highest BCUT2D eigenvalue weighted by atomic mass is 32.2. The van der Waals surface area contributed by atoms with Crippen molar-refractivity contribution >= 4 is 21.7 Å². The van der Waals surface area contributed by atoms with Crippen LogP contribution in [0.1, 0.15) is 63.7 Å². The summed E-state index contributed by atoms with van der Waals surface area (Å²) in [6.07, 6.45) is 3.28. The van der Waals surface area contributed by atoms with Gasteiger partial charge in [0.25, 0.3) is 0 Å². The molecule has 1 aromatic carbocycles. The predicted molar refractivity (Wildman–Crippen MR) is 152 cm³/mol. The molecule has 12 heteroatoms. The summed E-state index contributed by atoms with van der Waals surface area (Å²) in [7, 11) is -3.71. The predicted octanol–water partition coefficient (Wildman–Crippen LogP) is 5.53. The SMILES string of the molecule is [2H]C([2H])([2H])N=S1(=O)C[C@@](C)(c2cc(-c3cc(-c4ncc(CC)cn4)no3)ccc2F)N=C(NC(=O)OC(C)(C)C)C1(C)C. The molecule has 40 heavy (non-hydrogen) atoms. The maximum atomic E-state index is 15.6. The number of halogens is 1. The van der Waals surface area contributed by atoms with E-state index < -0.39 is 50.3 Å². The van der Waals surface area contributed by atoms with Gasteiger partial charge in [0.1, 0.15) is 27.5 Å². The number of hydrogen-bond acceptors (Lipinski definition) is 9. The van der Waals surface area contributed by atoms with Gasteiger partial charge in [-0.25, -0.2) is 27.7 Å². The van der Waals surface area contributed by atoms with Crippen LogP contribution in [-0.2, 0) is 26.4 Å². The van der Waals surface area contributed by atoms with E-state index in [1.54, 1.807) is 39.2 Å². The third kappa shape index (κ3) is 5.63. The van der Waals surface area contributed by atoms with Crippen molar-refractivity contribution < 1.29 is 26.8 Å². The second-order valence-electron chi connectivity index (χ2n) is 11.3. The molecule has 3 heterocycles. The molecule has 0 saturated carbocycles. The number of aliphatic imine (C=N–C) groups is 1. The minimum atomic E-state index is -3.71. The summed E-state index contributed by atoms with van der Waals surface area (Å²) in [5.41, 5.74) is -0.746. The van der Waals surface area contributed by atoms with Crippen molar-refractivity contribution in [2.75, 3.05) is 12.7 Å². The Morgan fingerprint density at radius 2 is 1.95 bits per heavy atom. The van der Waals surface area contributed by atoms with E-state index in [-0.39, 0.29) is 17.2 Å². The standard InChI is InChI=1S/C28H35FN6O4S/c1-9-17-14-31-23(32-15-17)21-13-22(39-35-21)18-10-11-20(29)19(12-18)28(7)16-40(37,30-8)27(5,6)24(34-28)33-25(36)38-26(2,3)4/h10-15H,9,16H2,1-8H3,(H,33,34,36)/t28-,40?/m0/s1/i8D3. The highest BCUT2D eigenvalue weighted by Gasteiger charge is 2.49. The summed E-state index contributed by atoms with van der Waals surface area (Å²) in [4.78, 5) is 26.1. The van der Waals surface area contributed by atoms with E-state index in [0.29, 0.717) is 17.1 Å². The fraction of sp³-hybridized carbons (Fsp3) is 0.464. The van der Waals surface area contributed by atoms with Crippen LogP contribution in [0.3, 0.4) is 0 Å². The molecule has 214 valence electrons. The van der Waals surface area contributed by atoms with Gasteiger partial charge in [0.2, 0.25) is 0 Å². The average Bonchev–Trinajstić information content (AvgIpc) is 3.36. The summed E-state index contributed by atoms with van der Waals surface area (Å²) in [5, 5.41) is 6.58. The Hall–Kier alpha value is -3.67. The van der Waals surface area contributed by atoms with E-state index >= 15 is 4.39 Å². The Bertz CT molecular complexity index is 1690. The number of aryl methyl sites for hydroxylation is 1. The molecule has 0 fully saturated rings. The van der Waals surface area contributed by atoms with Crippen LogP contribution in [0.25, 0.3) is 22.8 Å². The van der Waals surface area contributed by atoms with Gasteiger partial charge in [-0.05, 0) is 71.7 Å². The summed E-state index contributed by atoms with van der Waals surface area (Å²) >= 11 is 0. The monoisotopic (exact) mass is 573 g/mol. The third-order valence-electron chi connectivity index (χ3n) is 6.65. The Morgan fingerprint density at radius 3 is 2.58 bits per heavy atom.